The van der Waals surface area contributed by atoms with Gasteiger partial charge in [-0.15, -0.1) is 0 Å². The molecule has 1 aromatic carbocycles. The van der Waals surface area contributed by atoms with E-state index in [4.69, 9.17) is 17.0 Å². The zero-order valence-electron chi connectivity index (χ0n) is 7.66. The van der Waals surface area contributed by atoms with Crippen LogP contribution in [0.5, 0.6) is 0 Å². The molecule has 0 N–H and O–H groups in total. The van der Waals surface area contributed by atoms with Gasteiger partial charge in [0.05, 0.1) is 22.7 Å². The molecule has 2 aromatic rings. The number of imidazole rings is 1. The van der Waals surface area contributed by atoms with Gasteiger partial charge in [-0.25, -0.2) is 9.07 Å². The van der Waals surface area contributed by atoms with E-state index in [0.717, 1.165) is 23.3 Å². The van der Waals surface area contributed by atoms with Crippen molar-refractivity contribution in [1.29, 1.82) is 5.26 Å². The van der Waals surface area contributed by atoms with Crippen molar-refractivity contribution in [3.05, 3.63) is 29.6 Å². The van der Waals surface area contributed by atoms with Crippen molar-refractivity contribution in [3.63, 3.8) is 0 Å². The molecule has 0 saturated heterocycles. The van der Waals surface area contributed by atoms with E-state index in [-0.39, 0.29) is 0 Å². The Balaban J connectivity index is 2.74. The van der Waals surface area contributed by atoms with Gasteiger partial charge in [0.15, 0.2) is 0 Å². The third-order valence-electron chi connectivity index (χ3n) is 2.11. The Bertz CT molecular complexity index is 522. The molecule has 1 aromatic heterocycles. The fourth-order valence-electron chi connectivity index (χ4n) is 1.39. The molecule has 0 atom stereocenters. The average molecular weight is 206 g/mol. The second-order valence-corrected chi connectivity index (χ2v) is 3.32. The maximum atomic E-state index is 8.71. The molecule has 3 nitrogen and oxygen atoms in total. The molecule has 14 heavy (non-hydrogen) atoms. The van der Waals surface area contributed by atoms with E-state index in [2.05, 4.69) is 11.1 Å². The number of halogens is 1. The monoisotopic (exact) mass is 205 g/mol. The van der Waals surface area contributed by atoms with E-state index in [9.17, 15) is 0 Å². The predicted molar refractivity (Wildman–Crippen MR) is 55.1 cm³/mol. The summed E-state index contributed by atoms with van der Waals surface area (Å²) in [6, 6.07) is 7.37. The Morgan fingerprint density at radius 2 is 2.36 bits per heavy atom. The average Bonchev–Trinajstić information content (AvgIpc) is 2.55. The van der Waals surface area contributed by atoms with E-state index in [1.165, 1.54) is 4.09 Å². The first-order valence-electron chi connectivity index (χ1n) is 4.34. The second-order valence-electron chi connectivity index (χ2n) is 2.98. The summed E-state index contributed by atoms with van der Waals surface area (Å²) < 4.78 is 1.54. The molecule has 4 heteroatoms. The number of hydrogen-bond acceptors (Lipinski definition) is 2. The second kappa shape index (κ2) is 3.32. The lowest BCUT2D eigenvalue weighted by molar-refractivity contribution is 0.965. The Morgan fingerprint density at radius 3 is 3.00 bits per heavy atom. The fourth-order valence-corrected chi connectivity index (χ4v) is 1.69. The lowest BCUT2D eigenvalue weighted by Gasteiger charge is -1.93. The van der Waals surface area contributed by atoms with Crippen molar-refractivity contribution >= 4 is 22.8 Å². The predicted octanol–water partition coefficient (Wildman–Crippen LogP) is 2.47. The van der Waals surface area contributed by atoms with Gasteiger partial charge >= 0.3 is 0 Å². The molecule has 0 spiro atoms. The van der Waals surface area contributed by atoms with Gasteiger partial charge in [0.25, 0.3) is 0 Å². The highest BCUT2D eigenvalue weighted by molar-refractivity contribution is 6.19. The molecule has 0 bridgehead atoms. The quantitative estimate of drug-likeness (QED) is 0.718. The topological polar surface area (TPSA) is 41.6 Å². The summed E-state index contributed by atoms with van der Waals surface area (Å²) in [5.74, 6) is 0.816. The smallest absolute Gasteiger partial charge is 0.124 e. The number of rotatable bonds is 1. The number of aromatic nitrogens is 2. The van der Waals surface area contributed by atoms with Gasteiger partial charge in [0.2, 0.25) is 0 Å². The minimum absolute atomic E-state index is 0.606. The van der Waals surface area contributed by atoms with Crippen molar-refractivity contribution in [1.82, 2.24) is 9.07 Å². The van der Waals surface area contributed by atoms with Crippen molar-refractivity contribution < 1.29 is 0 Å². The molecule has 2 rings (SSSR count). The summed E-state index contributed by atoms with van der Waals surface area (Å²) >= 11 is 6.02. The normalized spacial score (nSPS) is 10.4. The molecule has 1 heterocycles. The number of benzene rings is 1. The van der Waals surface area contributed by atoms with Crippen molar-refractivity contribution in [2.24, 2.45) is 0 Å². The van der Waals surface area contributed by atoms with Gasteiger partial charge in [-0.05, 0) is 18.2 Å². The number of nitriles is 1. The Morgan fingerprint density at radius 1 is 1.57 bits per heavy atom. The van der Waals surface area contributed by atoms with E-state index in [0.29, 0.717) is 5.56 Å². The summed E-state index contributed by atoms with van der Waals surface area (Å²) in [7, 11) is 0. The Hall–Kier alpha value is -1.53. The van der Waals surface area contributed by atoms with Crippen LogP contribution < -0.4 is 0 Å². The van der Waals surface area contributed by atoms with Gasteiger partial charge in [-0.1, -0.05) is 6.92 Å². The fraction of sp³-hybridized carbons (Fsp3) is 0.200. The van der Waals surface area contributed by atoms with E-state index < -0.39 is 0 Å². The molecule has 0 fully saturated rings. The highest BCUT2D eigenvalue weighted by atomic mass is 35.5. The minimum atomic E-state index is 0.606. The van der Waals surface area contributed by atoms with Gasteiger partial charge in [0.1, 0.15) is 5.82 Å². The summed E-state index contributed by atoms with van der Waals surface area (Å²) in [6.45, 7) is 1.99. The molecule has 0 aliphatic rings. The third kappa shape index (κ3) is 1.24. The van der Waals surface area contributed by atoms with Crippen molar-refractivity contribution in [2.45, 2.75) is 13.3 Å². The van der Waals surface area contributed by atoms with Crippen LogP contribution in [0.2, 0.25) is 0 Å². The van der Waals surface area contributed by atoms with Gasteiger partial charge < -0.3 is 0 Å². The summed E-state index contributed by atoms with van der Waals surface area (Å²) in [4.78, 5) is 4.32. The summed E-state index contributed by atoms with van der Waals surface area (Å²) in [6.07, 6.45) is 0.778. The van der Waals surface area contributed by atoms with E-state index >= 15 is 0 Å². The molecule has 0 unspecified atom stereocenters. The number of aryl methyl sites for hydroxylation is 1. The van der Waals surface area contributed by atoms with Gasteiger partial charge in [0, 0.05) is 18.2 Å². The van der Waals surface area contributed by atoms with Crippen LogP contribution in [0.4, 0.5) is 0 Å². The maximum absolute atomic E-state index is 8.71. The van der Waals surface area contributed by atoms with Crippen LogP contribution in [0.3, 0.4) is 0 Å². The third-order valence-corrected chi connectivity index (χ3v) is 2.49. The maximum Gasteiger partial charge on any atom is 0.124 e. The van der Waals surface area contributed by atoms with Crippen molar-refractivity contribution in [3.8, 4) is 6.07 Å². The first-order valence-corrected chi connectivity index (χ1v) is 4.67. The minimum Gasteiger partial charge on any atom is -0.238 e. The molecule has 0 aliphatic carbocycles. The Labute approximate surface area is 86.7 Å². The lowest BCUT2D eigenvalue weighted by atomic mass is 10.2. The van der Waals surface area contributed by atoms with Crippen LogP contribution in [-0.2, 0) is 6.42 Å². The molecule has 70 valence electrons. The first-order chi connectivity index (χ1) is 6.76. The van der Waals surface area contributed by atoms with Crippen molar-refractivity contribution in [2.75, 3.05) is 0 Å². The Kier molecular flexibility index (Phi) is 2.14. The first kappa shape index (κ1) is 9.04. The van der Waals surface area contributed by atoms with Crippen LogP contribution in [-0.4, -0.2) is 9.07 Å². The van der Waals surface area contributed by atoms with Crippen LogP contribution in [0.25, 0.3) is 11.0 Å². The zero-order valence-corrected chi connectivity index (χ0v) is 8.41. The van der Waals surface area contributed by atoms with E-state index in [1.54, 1.807) is 12.1 Å². The number of fused-ring (bicyclic) bond motifs is 1. The van der Waals surface area contributed by atoms with Gasteiger partial charge in [-0.3, -0.25) is 0 Å². The zero-order chi connectivity index (χ0) is 10.1. The molecule has 0 aliphatic heterocycles. The molecular weight excluding hydrogens is 198 g/mol. The highest BCUT2D eigenvalue weighted by Gasteiger charge is 2.07. The highest BCUT2D eigenvalue weighted by Crippen LogP contribution is 2.19. The summed E-state index contributed by atoms with van der Waals surface area (Å²) in [5, 5.41) is 8.71. The standard InChI is InChI=1S/C10H8ClN3/c1-2-10-13-8-5-7(6-12)3-4-9(8)14(10)11/h3-5H,2H2,1H3. The number of nitrogens with zero attached hydrogens (tertiary/aromatic N) is 3. The molecule has 0 saturated carbocycles. The van der Waals surface area contributed by atoms with Gasteiger partial charge in [-0.2, -0.15) is 5.26 Å². The summed E-state index contributed by atoms with van der Waals surface area (Å²) in [5.41, 5.74) is 2.23. The molecular formula is C10H8ClN3. The molecule has 0 radical (unpaired) electrons. The van der Waals surface area contributed by atoms with Crippen LogP contribution in [0.1, 0.15) is 18.3 Å². The van der Waals surface area contributed by atoms with Crippen LogP contribution in [0, 0.1) is 11.3 Å². The molecule has 0 amide bonds. The SMILES string of the molecule is CCc1nc2cc(C#N)ccc2n1Cl. The largest absolute Gasteiger partial charge is 0.238 e. The van der Waals surface area contributed by atoms with E-state index in [1.807, 2.05) is 13.0 Å². The van der Waals surface area contributed by atoms with Crippen LogP contribution in [0.15, 0.2) is 18.2 Å². The van der Waals surface area contributed by atoms with Crippen LogP contribution >= 0.6 is 11.8 Å². The number of hydrogen-bond donors (Lipinski definition) is 0. The lowest BCUT2D eigenvalue weighted by Crippen LogP contribution is -1.88.